The summed E-state index contributed by atoms with van der Waals surface area (Å²) in [5, 5.41) is 10.5. The Labute approximate surface area is 113 Å². The van der Waals surface area contributed by atoms with E-state index in [4.69, 9.17) is 0 Å². The molecule has 3 heteroatoms. The van der Waals surface area contributed by atoms with Gasteiger partial charge in [0.05, 0.1) is 5.39 Å². The molecule has 1 heterocycles. The molecule has 0 amide bonds. The molecule has 0 spiro atoms. The summed E-state index contributed by atoms with van der Waals surface area (Å²) in [5.74, 6) is 0.329. The highest BCUT2D eigenvalue weighted by atomic mass is 127. The highest BCUT2D eigenvalue weighted by Crippen LogP contribution is 2.16. The average molecular weight is 329 g/mol. The first-order valence-corrected chi connectivity index (χ1v) is 5.42. The van der Waals surface area contributed by atoms with Gasteiger partial charge in [-0.05, 0) is 18.2 Å². The van der Waals surface area contributed by atoms with Gasteiger partial charge in [0.25, 0.3) is 0 Å². The molecule has 0 unspecified atom stereocenters. The summed E-state index contributed by atoms with van der Waals surface area (Å²) in [7, 11) is 0. The van der Waals surface area contributed by atoms with Crippen molar-refractivity contribution in [3.63, 3.8) is 0 Å². The van der Waals surface area contributed by atoms with Crippen molar-refractivity contribution in [2.75, 3.05) is 0 Å². The fourth-order valence-corrected chi connectivity index (χ4v) is 1.79. The van der Waals surface area contributed by atoms with Crippen LogP contribution in [0.25, 0.3) is 10.9 Å². The van der Waals surface area contributed by atoms with Gasteiger partial charge in [-0.1, -0.05) is 13.3 Å². The molecule has 1 aromatic carbocycles. The second-order valence-electron chi connectivity index (χ2n) is 3.80. The molecule has 0 fully saturated rings. The molecule has 0 saturated carbocycles. The van der Waals surface area contributed by atoms with E-state index in [1.165, 1.54) is 18.4 Å². The van der Waals surface area contributed by atoms with Crippen LogP contribution in [0.4, 0.5) is 0 Å². The maximum absolute atomic E-state index is 9.39. The smallest absolute Gasteiger partial charge is 0.212 e. The van der Waals surface area contributed by atoms with Crippen LogP contribution in [-0.2, 0) is 6.54 Å². The monoisotopic (exact) mass is 329 g/mol. The summed E-state index contributed by atoms with van der Waals surface area (Å²) in [6, 6.07) is 9.57. The molecule has 0 aliphatic carbocycles. The third-order valence-electron chi connectivity index (χ3n) is 2.61. The summed E-state index contributed by atoms with van der Waals surface area (Å²) < 4.78 is 2.23. The summed E-state index contributed by atoms with van der Waals surface area (Å²) >= 11 is 0. The topological polar surface area (TPSA) is 24.1 Å². The minimum absolute atomic E-state index is 0. The zero-order chi connectivity index (χ0) is 10.7. The number of rotatable bonds is 3. The van der Waals surface area contributed by atoms with E-state index in [-0.39, 0.29) is 24.0 Å². The van der Waals surface area contributed by atoms with E-state index < -0.39 is 0 Å². The quantitative estimate of drug-likeness (QED) is 0.604. The van der Waals surface area contributed by atoms with Gasteiger partial charge in [0, 0.05) is 18.6 Å². The van der Waals surface area contributed by atoms with Gasteiger partial charge in [-0.15, -0.1) is 0 Å². The van der Waals surface area contributed by atoms with Crippen LogP contribution in [0.2, 0.25) is 0 Å². The highest BCUT2D eigenvalue weighted by Gasteiger charge is 2.07. The Kier molecular flexibility index (Phi) is 4.99. The van der Waals surface area contributed by atoms with Crippen molar-refractivity contribution in [1.82, 2.24) is 0 Å². The van der Waals surface area contributed by atoms with E-state index in [1.807, 2.05) is 18.2 Å². The van der Waals surface area contributed by atoms with Crippen molar-refractivity contribution >= 4 is 10.9 Å². The molecule has 0 radical (unpaired) electrons. The average Bonchev–Trinajstić information content (AvgIpc) is 2.25. The Hall–Kier alpha value is -0.840. The number of phenols is 1. The number of hydrogen-bond acceptors (Lipinski definition) is 1. The van der Waals surface area contributed by atoms with E-state index in [2.05, 4.69) is 17.7 Å². The number of hydrogen-bond donors (Lipinski definition) is 1. The molecule has 2 nitrogen and oxygen atoms in total. The first-order chi connectivity index (χ1) is 7.31. The number of aryl methyl sites for hydroxylation is 1. The third-order valence-corrected chi connectivity index (χ3v) is 2.61. The number of nitrogens with zero attached hydrogens (tertiary/aromatic N) is 1. The van der Waals surface area contributed by atoms with Gasteiger partial charge in [0.2, 0.25) is 5.52 Å². The van der Waals surface area contributed by atoms with Crippen molar-refractivity contribution < 1.29 is 33.7 Å². The van der Waals surface area contributed by atoms with Crippen molar-refractivity contribution in [1.29, 1.82) is 0 Å². The largest absolute Gasteiger partial charge is 1.00 e. The standard InChI is InChI=1S/C13H15NO.HI/c1-2-3-8-14-9-4-5-11-10-12(15)6-7-13(11)14;/h4-7,9-10H,2-3,8H2,1H3;1H. The molecule has 1 N–H and O–H groups in total. The second kappa shape index (κ2) is 6.03. The van der Waals surface area contributed by atoms with E-state index >= 15 is 0 Å². The summed E-state index contributed by atoms with van der Waals surface area (Å²) in [4.78, 5) is 0. The van der Waals surface area contributed by atoms with Crippen molar-refractivity contribution in [3.05, 3.63) is 36.5 Å². The molecule has 2 aromatic rings. The Bertz CT molecular complexity index is 470. The van der Waals surface area contributed by atoms with Crippen molar-refractivity contribution in [2.24, 2.45) is 0 Å². The number of aromatic hydroxyl groups is 1. The van der Waals surface area contributed by atoms with Gasteiger partial charge < -0.3 is 29.1 Å². The predicted octanol–water partition coefficient (Wildman–Crippen LogP) is -0.363. The lowest BCUT2D eigenvalue weighted by Gasteiger charge is -2.00. The normalized spacial score (nSPS) is 10.1. The maximum atomic E-state index is 9.39. The summed E-state index contributed by atoms with van der Waals surface area (Å²) in [6.45, 7) is 3.23. The fourth-order valence-electron chi connectivity index (χ4n) is 1.79. The van der Waals surface area contributed by atoms with Crippen LogP contribution in [0.3, 0.4) is 0 Å². The van der Waals surface area contributed by atoms with Crippen LogP contribution < -0.4 is 28.5 Å². The molecule has 16 heavy (non-hydrogen) atoms. The number of pyridine rings is 1. The molecular weight excluding hydrogens is 313 g/mol. The van der Waals surface area contributed by atoms with Gasteiger partial charge >= 0.3 is 0 Å². The van der Waals surface area contributed by atoms with Crippen LogP contribution in [-0.4, -0.2) is 5.11 Å². The first-order valence-electron chi connectivity index (χ1n) is 5.42. The van der Waals surface area contributed by atoms with E-state index in [9.17, 15) is 5.11 Å². The molecule has 2 rings (SSSR count). The Morgan fingerprint density at radius 3 is 2.81 bits per heavy atom. The molecule has 0 bridgehead atoms. The number of aromatic nitrogens is 1. The molecule has 86 valence electrons. The van der Waals surface area contributed by atoms with Crippen LogP contribution >= 0.6 is 0 Å². The van der Waals surface area contributed by atoms with Gasteiger partial charge in [-0.2, -0.15) is 4.57 Å². The number of fused-ring (bicyclic) bond motifs is 1. The van der Waals surface area contributed by atoms with E-state index in [0.29, 0.717) is 5.75 Å². The third kappa shape index (κ3) is 2.84. The fraction of sp³-hybridized carbons (Fsp3) is 0.308. The lowest BCUT2D eigenvalue weighted by atomic mass is 10.2. The lowest BCUT2D eigenvalue weighted by molar-refractivity contribution is -0.671. The molecule has 0 atom stereocenters. The van der Waals surface area contributed by atoms with Crippen molar-refractivity contribution in [2.45, 2.75) is 26.3 Å². The molecular formula is C13H16INO. The molecule has 0 aliphatic rings. The second-order valence-corrected chi connectivity index (χ2v) is 3.80. The van der Waals surface area contributed by atoms with Gasteiger partial charge in [0.15, 0.2) is 6.20 Å². The van der Waals surface area contributed by atoms with Crippen LogP contribution in [0.1, 0.15) is 19.8 Å². The number of halogens is 1. The molecule has 1 aromatic heterocycles. The minimum Gasteiger partial charge on any atom is -1.00 e. The van der Waals surface area contributed by atoms with Gasteiger partial charge in [-0.3, -0.25) is 0 Å². The Morgan fingerprint density at radius 2 is 2.06 bits per heavy atom. The molecule has 0 saturated heterocycles. The molecule has 0 aliphatic heterocycles. The Morgan fingerprint density at radius 1 is 1.25 bits per heavy atom. The zero-order valence-corrected chi connectivity index (χ0v) is 11.5. The van der Waals surface area contributed by atoms with Gasteiger partial charge in [-0.25, -0.2) is 0 Å². The van der Waals surface area contributed by atoms with Crippen LogP contribution in [0.5, 0.6) is 5.75 Å². The zero-order valence-electron chi connectivity index (χ0n) is 9.36. The maximum Gasteiger partial charge on any atom is 0.212 e. The minimum atomic E-state index is 0. The van der Waals surface area contributed by atoms with Crippen molar-refractivity contribution in [3.8, 4) is 5.75 Å². The highest BCUT2D eigenvalue weighted by molar-refractivity contribution is 5.76. The predicted molar refractivity (Wildman–Crippen MR) is 60.7 cm³/mol. The van der Waals surface area contributed by atoms with Gasteiger partial charge in [0.1, 0.15) is 12.3 Å². The Balaban J connectivity index is 0.00000128. The number of unbranched alkanes of at least 4 members (excludes halogenated alkanes) is 1. The lowest BCUT2D eigenvalue weighted by Crippen LogP contribution is -3.00. The summed E-state index contributed by atoms with van der Waals surface area (Å²) in [6.07, 6.45) is 4.47. The van der Waals surface area contributed by atoms with Crippen LogP contribution in [0, 0.1) is 0 Å². The van der Waals surface area contributed by atoms with E-state index in [1.54, 1.807) is 12.1 Å². The van der Waals surface area contributed by atoms with Crippen LogP contribution in [0.15, 0.2) is 36.5 Å². The summed E-state index contributed by atoms with van der Waals surface area (Å²) in [5.41, 5.74) is 1.18. The number of benzene rings is 1. The SMILES string of the molecule is CCCC[n+]1cccc2cc(O)ccc21.[I-]. The first kappa shape index (κ1) is 13.2. The van der Waals surface area contributed by atoms with E-state index in [0.717, 1.165) is 11.9 Å². The number of phenolic OH excluding ortho intramolecular Hbond substituents is 1.